The number of Topliss-reactive ketones (excluding diaryl/α,β-unsaturated/α-hetero) is 1. The summed E-state index contributed by atoms with van der Waals surface area (Å²) in [5, 5.41) is 0. The molecule has 0 saturated heterocycles. The van der Waals surface area contributed by atoms with E-state index in [1.165, 1.54) is 11.3 Å². The number of ketones is 1. The van der Waals surface area contributed by atoms with E-state index in [1.54, 1.807) is 18.4 Å². The van der Waals surface area contributed by atoms with Gasteiger partial charge in [-0.05, 0) is 37.7 Å². The van der Waals surface area contributed by atoms with Crippen molar-refractivity contribution in [1.29, 1.82) is 0 Å². The highest BCUT2D eigenvalue weighted by Crippen LogP contribution is 2.24. The zero-order chi connectivity index (χ0) is 13.8. The molecule has 0 N–H and O–H groups in total. The fraction of sp³-hybridized carbons (Fsp3) is 0.357. The number of nitrogens with zero attached hydrogens (tertiary/aromatic N) is 1. The quantitative estimate of drug-likeness (QED) is 0.753. The molecular formula is C14H16ClNO2S. The number of carbonyl (C=O) groups excluding carboxylic acids is 1. The van der Waals surface area contributed by atoms with Gasteiger partial charge in [0, 0.05) is 0 Å². The van der Waals surface area contributed by atoms with Crippen LogP contribution in [0.3, 0.4) is 0 Å². The summed E-state index contributed by atoms with van der Waals surface area (Å²) in [5.74, 6) is 0.969. The van der Waals surface area contributed by atoms with Crippen LogP contribution in [0.15, 0.2) is 34.9 Å². The van der Waals surface area contributed by atoms with Crippen molar-refractivity contribution in [1.82, 2.24) is 4.90 Å². The van der Waals surface area contributed by atoms with Crippen molar-refractivity contribution in [2.75, 3.05) is 6.54 Å². The van der Waals surface area contributed by atoms with Crippen molar-refractivity contribution < 1.29 is 9.21 Å². The number of halogens is 1. The van der Waals surface area contributed by atoms with Gasteiger partial charge < -0.3 is 4.42 Å². The summed E-state index contributed by atoms with van der Waals surface area (Å²) < 4.78 is 5.98. The second kappa shape index (κ2) is 6.37. The lowest BCUT2D eigenvalue weighted by Gasteiger charge is -2.25. The van der Waals surface area contributed by atoms with Gasteiger partial charge in [-0.25, -0.2) is 0 Å². The van der Waals surface area contributed by atoms with Crippen molar-refractivity contribution in [3.8, 4) is 0 Å². The molecule has 0 aromatic carbocycles. The average molecular weight is 298 g/mol. The predicted octanol–water partition coefficient (Wildman–Crippen LogP) is 4.09. The Kier molecular flexibility index (Phi) is 4.80. The lowest BCUT2D eigenvalue weighted by atomic mass is 10.1. The molecule has 2 heterocycles. The molecule has 19 heavy (non-hydrogen) atoms. The molecule has 0 bridgehead atoms. The molecule has 102 valence electrons. The number of likely N-dealkylation sites (N-methyl/N-ethyl adjacent to an activating group) is 1. The Labute approximate surface area is 121 Å². The van der Waals surface area contributed by atoms with Crippen LogP contribution in [0.4, 0.5) is 0 Å². The van der Waals surface area contributed by atoms with E-state index in [0.717, 1.165) is 12.3 Å². The van der Waals surface area contributed by atoms with Gasteiger partial charge >= 0.3 is 0 Å². The molecule has 5 heteroatoms. The fourth-order valence-corrected chi connectivity index (χ4v) is 3.01. The van der Waals surface area contributed by atoms with Crippen LogP contribution >= 0.6 is 22.9 Å². The zero-order valence-electron chi connectivity index (χ0n) is 10.9. The first-order valence-electron chi connectivity index (χ1n) is 6.17. The normalized spacial score (nSPS) is 12.8. The van der Waals surface area contributed by atoms with E-state index in [2.05, 4.69) is 4.90 Å². The summed E-state index contributed by atoms with van der Waals surface area (Å²) in [6.07, 6.45) is 1.65. The first-order valence-corrected chi connectivity index (χ1v) is 7.37. The highest BCUT2D eigenvalue weighted by Gasteiger charge is 2.23. The summed E-state index contributed by atoms with van der Waals surface area (Å²) in [7, 11) is 0. The van der Waals surface area contributed by atoms with E-state index in [-0.39, 0.29) is 11.8 Å². The number of hydrogen-bond donors (Lipinski definition) is 0. The van der Waals surface area contributed by atoms with Gasteiger partial charge in [-0.2, -0.15) is 0 Å². The van der Waals surface area contributed by atoms with Crippen LogP contribution in [-0.4, -0.2) is 23.3 Å². The van der Waals surface area contributed by atoms with Crippen LogP contribution in [-0.2, 0) is 6.54 Å². The molecule has 0 amide bonds. The molecule has 0 aliphatic carbocycles. The molecule has 1 atom stereocenters. The Balaban J connectivity index is 2.07. The number of hydrogen-bond acceptors (Lipinski definition) is 4. The molecule has 0 saturated carbocycles. The maximum absolute atomic E-state index is 12.4. The Hall–Kier alpha value is -1.10. The zero-order valence-corrected chi connectivity index (χ0v) is 12.5. The Morgan fingerprint density at radius 2 is 2.26 bits per heavy atom. The van der Waals surface area contributed by atoms with Gasteiger partial charge in [0.25, 0.3) is 0 Å². The van der Waals surface area contributed by atoms with Crippen LogP contribution in [0, 0.1) is 0 Å². The number of carbonyl (C=O) groups is 1. The highest BCUT2D eigenvalue weighted by molar-refractivity contribution is 7.18. The second-order valence-electron chi connectivity index (χ2n) is 4.29. The minimum Gasteiger partial charge on any atom is -0.468 e. The lowest BCUT2D eigenvalue weighted by Crippen LogP contribution is -2.38. The van der Waals surface area contributed by atoms with Crippen molar-refractivity contribution in [2.45, 2.75) is 26.4 Å². The molecule has 0 aliphatic heterocycles. The fourth-order valence-electron chi connectivity index (χ4n) is 1.94. The Morgan fingerprint density at radius 1 is 1.47 bits per heavy atom. The molecule has 2 rings (SSSR count). The predicted molar refractivity (Wildman–Crippen MR) is 77.9 cm³/mol. The summed E-state index contributed by atoms with van der Waals surface area (Å²) in [4.78, 5) is 15.1. The smallest absolute Gasteiger partial charge is 0.189 e. The van der Waals surface area contributed by atoms with E-state index in [4.69, 9.17) is 16.0 Å². The first-order chi connectivity index (χ1) is 9.11. The van der Waals surface area contributed by atoms with Crippen molar-refractivity contribution in [3.05, 3.63) is 45.5 Å². The van der Waals surface area contributed by atoms with Gasteiger partial charge in [-0.3, -0.25) is 9.69 Å². The molecule has 0 radical (unpaired) electrons. The number of thiophene rings is 1. The van der Waals surface area contributed by atoms with Gasteiger partial charge in [-0.1, -0.05) is 18.5 Å². The third-order valence-corrected chi connectivity index (χ3v) is 4.33. The van der Waals surface area contributed by atoms with E-state index in [0.29, 0.717) is 15.8 Å². The van der Waals surface area contributed by atoms with E-state index in [9.17, 15) is 4.79 Å². The van der Waals surface area contributed by atoms with Crippen molar-refractivity contribution >= 4 is 28.7 Å². The second-order valence-corrected chi connectivity index (χ2v) is 6.00. The maximum Gasteiger partial charge on any atom is 0.189 e. The summed E-state index contributed by atoms with van der Waals surface area (Å²) in [5.41, 5.74) is 0. The van der Waals surface area contributed by atoms with Gasteiger partial charge in [0.15, 0.2) is 5.78 Å². The monoisotopic (exact) mass is 297 g/mol. The van der Waals surface area contributed by atoms with Crippen LogP contribution in [0.1, 0.15) is 29.3 Å². The number of rotatable bonds is 6. The van der Waals surface area contributed by atoms with Gasteiger partial charge in [0.1, 0.15) is 5.76 Å². The molecule has 0 spiro atoms. The molecule has 1 unspecified atom stereocenters. The highest BCUT2D eigenvalue weighted by atomic mass is 35.5. The van der Waals surface area contributed by atoms with Crippen LogP contribution in [0.5, 0.6) is 0 Å². The van der Waals surface area contributed by atoms with Crippen LogP contribution in [0.2, 0.25) is 4.34 Å². The largest absolute Gasteiger partial charge is 0.468 e. The van der Waals surface area contributed by atoms with E-state index >= 15 is 0 Å². The van der Waals surface area contributed by atoms with E-state index < -0.39 is 0 Å². The van der Waals surface area contributed by atoms with Gasteiger partial charge in [0.2, 0.25) is 0 Å². The molecular weight excluding hydrogens is 282 g/mol. The van der Waals surface area contributed by atoms with Crippen LogP contribution in [0.25, 0.3) is 0 Å². The Bertz CT molecular complexity index is 535. The standard InChI is InChI=1S/C14H16ClNO2S/c1-3-16(9-11-5-4-8-18-11)10(2)14(17)12-6-7-13(15)19-12/h4-8,10H,3,9H2,1-2H3. The number of furan rings is 1. The van der Waals surface area contributed by atoms with Gasteiger partial charge in [0.05, 0.1) is 28.1 Å². The van der Waals surface area contributed by atoms with Crippen molar-refractivity contribution in [3.63, 3.8) is 0 Å². The lowest BCUT2D eigenvalue weighted by molar-refractivity contribution is 0.0830. The molecule has 0 fully saturated rings. The first kappa shape index (κ1) is 14.3. The SMILES string of the molecule is CCN(Cc1ccco1)C(C)C(=O)c1ccc(Cl)s1. The summed E-state index contributed by atoms with van der Waals surface area (Å²) in [6, 6.07) is 7.13. The molecule has 2 aromatic heterocycles. The van der Waals surface area contributed by atoms with Crippen LogP contribution < -0.4 is 0 Å². The third-order valence-electron chi connectivity index (χ3n) is 3.09. The molecule has 0 aliphatic rings. The van der Waals surface area contributed by atoms with Crippen molar-refractivity contribution in [2.24, 2.45) is 0 Å². The summed E-state index contributed by atoms with van der Waals surface area (Å²) >= 11 is 7.20. The minimum absolute atomic E-state index is 0.102. The maximum atomic E-state index is 12.4. The van der Waals surface area contributed by atoms with E-state index in [1.807, 2.05) is 26.0 Å². The average Bonchev–Trinajstić information content (AvgIpc) is 3.05. The van der Waals surface area contributed by atoms with Gasteiger partial charge in [-0.15, -0.1) is 11.3 Å². The topological polar surface area (TPSA) is 33.5 Å². The summed E-state index contributed by atoms with van der Waals surface area (Å²) in [6.45, 7) is 5.37. The Morgan fingerprint density at radius 3 is 2.79 bits per heavy atom. The third kappa shape index (κ3) is 3.47. The molecule has 3 nitrogen and oxygen atoms in total. The minimum atomic E-state index is -0.190. The molecule has 2 aromatic rings.